The Kier molecular flexibility index (Phi) is 5.76. The standard InChI is InChI=1S/C18H17F2N5O5/c1-23-16-15(17(28)24(2)18(23)29)25(9-21-16)6-5-14(27)30-8-13(26)22-12-4-3-10(19)7-11(12)20/h3-4,7,9H,5-6,8H2,1-2H3,(H,22,26). The lowest BCUT2D eigenvalue weighted by Gasteiger charge is -2.08. The number of halogens is 2. The van der Waals surface area contributed by atoms with Gasteiger partial charge in [0.25, 0.3) is 11.5 Å². The van der Waals surface area contributed by atoms with Crippen molar-refractivity contribution in [3.05, 3.63) is 57.0 Å². The van der Waals surface area contributed by atoms with Gasteiger partial charge in [0.05, 0.1) is 18.4 Å². The van der Waals surface area contributed by atoms with Gasteiger partial charge in [0.2, 0.25) is 0 Å². The molecule has 0 spiro atoms. The van der Waals surface area contributed by atoms with Crippen LogP contribution in [0.5, 0.6) is 0 Å². The molecule has 0 bridgehead atoms. The zero-order valence-corrected chi connectivity index (χ0v) is 16.0. The fourth-order valence-electron chi connectivity index (χ4n) is 2.77. The van der Waals surface area contributed by atoms with Crippen LogP contribution >= 0.6 is 0 Å². The van der Waals surface area contributed by atoms with Crippen LogP contribution in [-0.2, 0) is 35.0 Å². The molecule has 2 aromatic heterocycles. The average molecular weight is 421 g/mol. The lowest BCUT2D eigenvalue weighted by molar-refractivity contribution is -0.147. The third-order valence-corrected chi connectivity index (χ3v) is 4.34. The summed E-state index contributed by atoms with van der Waals surface area (Å²) in [5.41, 5.74) is -1.00. The smallest absolute Gasteiger partial charge is 0.332 e. The van der Waals surface area contributed by atoms with Crippen molar-refractivity contribution >= 4 is 28.7 Å². The van der Waals surface area contributed by atoms with Crippen LogP contribution in [-0.4, -0.2) is 37.2 Å². The van der Waals surface area contributed by atoms with Crippen LogP contribution in [0.1, 0.15) is 6.42 Å². The first-order valence-corrected chi connectivity index (χ1v) is 8.70. The summed E-state index contributed by atoms with van der Waals surface area (Å²) in [5, 5.41) is 2.16. The Hall–Kier alpha value is -3.83. The summed E-state index contributed by atoms with van der Waals surface area (Å²) in [4.78, 5) is 52.0. The lowest BCUT2D eigenvalue weighted by atomic mass is 10.3. The number of hydrogen-bond acceptors (Lipinski definition) is 6. The summed E-state index contributed by atoms with van der Waals surface area (Å²) >= 11 is 0. The summed E-state index contributed by atoms with van der Waals surface area (Å²) in [6.45, 7) is -0.645. The van der Waals surface area contributed by atoms with Crippen LogP contribution < -0.4 is 16.6 Å². The van der Waals surface area contributed by atoms with Gasteiger partial charge < -0.3 is 14.6 Å². The van der Waals surface area contributed by atoms with Crippen molar-refractivity contribution in [1.29, 1.82) is 0 Å². The van der Waals surface area contributed by atoms with E-state index in [9.17, 15) is 28.0 Å². The Morgan fingerprint density at radius 1 is 1.17 bits per heavy atom. The number of benzene rings is 1. The largest absolute Gasteiger partial charge is 0.456 e. The summed E-state index contributed by atoms with van der Waals surface area (Å²) in [6, 6.07) is 2.62. The number of ether oxygens (including phenoxy) is 1. The van der Waals surface area contributed by atoms with E-state index in [-0.39, 0.29) is 29.8 Å². The molecule has 1 amide bonds. The molecule has 0 fully saturated rings. The zero-order chi connectivity index (χ0) is 22.0. The number of amides is 1. The summed E-state index contributed by atoms with van der Waals surface area (Å²) in [5.74, 6) is -3.30. The first-order chi connectivity index (χ1) is 14.2. The van der Waals surface area contributed by atoms with Crippen molar-refractivity contribution in [3.8, 4) is 0 Å². The second-order valence-corrected chi connectivity index (χ2v) is 6.40. The number of carbonyl (C=O) groups is 2. The quantitative estimate of drug-likeness (QED) is 0.572. The number of esters is 1. The maximum Gasteiger partial charge on any atom is 0.332 e. The van der Waals surface area contributed by atoms with E-state index in [0.29, 0.717) is 6.07 Å². The molecule has 12 heteroatoms. The number of aryl methyl sites for hydroxylation is 2. The fraction of sp³-hybridized carbons (Fsp3) is 0.278. The number of imidazole rings is 1. The number of nitrogens with one attached hydrogen (secondary N) is 1. The molecule has 0 radical (unpaired) electrons. The normalized spacial score (nSPS) is 10.9. The number of fused-ring (bicyclic) bond motifs is 1. The topological polar surface area (TPSA) is 117 Å². The van der Waals surface area contributed by atoms with Gasteiger partial charge in [-0.15, -0.1) is 0 Å². The zero-order valence-electron chi connectivity index (χ0n) is 16.0. The maximum atomic E-state index is 13.5. The Labute approximate surface area is 167 Å². The summed E-state index contributed by atoms with van der Waals surface area (Å²) < 4.78 is 34.7. The number of nitrogens with zero attached hydrogens (tertiary/aromatic N) is 4. The van der Waals surface area contributed by atoms with Crippen LogP contribution in [0.3, 0.4) is 0 Å². The third-order valence-electron chi connectivity index (χ3n) is 4.34. The Balaban J connectivity index is 1.59. The highest BCUT2D eigenvalue weighted by Crippen LogP contribution is 2.14. The molecule has 158 valence electrons. The van der Waals surface area contributed by atoms with Crippen molar-refractivity contribution in [2.45, 2.75) is 13.0 Å². The minimum absolute atomic E-state index is 0.0248. The lowest BCUT2D eigenvalue weighted by Crippen LogP contribution is -2.37. The molecule has 0 atom stereocenters. The third kappa shape index (κ3) is 4.11. The minimum Gasteiger partial charge on any atom is -0.456 e. The Morgan fingerprint density at radius 2 is 1.90 bits per heavy atom. The van der Waals surface area contributed by atoms with E-state index in [0.717, 1.165) is 16.7 Å². The predicted molar refractivity (Wildman–Crippen MR) is 101 cm³/mol. The van der Waals surface area contributed by atoms with Gasteiger partial charge >= 0.3 is 11.7 Å². The van der Waals surface area contributed by atoms with Crippen molar-refractivity contribution in [2.75, 3.05) is 11.9 Å². The maximum absolute atomic E-state index is 13.5. The van der Waals surface area contributed by atoms with Gasteiger partial charge in [-0.05, 0) is 12.1 Å². The van der Waals surface area contributed by atoms with Crippen LogP contribution in [0, 0.1) is 11.6 Å². The molecule has 3 rings (SSSR count). The second-order valence-electron chi connectivity index (χ2n) is 6.40. The van der Waals surface area contributed by atoms with E-state index < -0.39 is 41.4 Å². The van der Waals surface area contributed by atoms with E-state index in [4.69, 9.17) is 4.74 Å². The summed E-state index contributed by atoms with van der Waals surface area (Å²) in [7, 11) is 2.80. The average Bonchev–Trinajstić information content (AvgIpc) is 3.14. The van der Waals surface area contributed by atoms with Gasteiger partial charge in [0.15, 0.2) is 17.8 Å². The Bertz CT molecular complexity index is 1260. The first-order valence-electron chi connectivity index (χ1n) is 8.70. The van der Waals surface area contributed by atoms with Crippen LogP contribution in [0.4, 0.5) is 14.5 Å². The van der Waals surface area contributed by atoms with Gasteiger partial charge in [0.1, 0.15) is 11.6 Å². The van der Waals surface area contributed by atoms with Crippen LogP contribution in [0.2, 0.25) is 0 Å². The highest BCUT2D eigenvalue weighted by Gasteiger charge is 2.16. The van der Waals surface area contributed by atoms with E-state index in [2.05, 4.69) is 10.3 Å². The van der Waals surface area contributed by atoms with Gasteiger partial charge in [0, 0.05) is 26.7 Å². The van der Waals surface area contributed by atoms with Crippen molar-refractivity contribution in [2.24, 2.45) is 14.1 Å². The molecule has 30 heavy (non-hydrogen) atoms. The fourth-order valence-corrected chi connectivity index (χ4v) is 2.77. The number of anilines is 1. The van der Waals surface area contributed by atoms with Gasteiger partial charge in [-0.2, -0.15) is 0 Å². The second kappa shape index (κ2) is 8.27. The van der Waals surface area contributed by atoms with Crippen molar-refractivity contribution < 1.29 is 23.1 Å². The number of carbonyl (C=O) groups excluding carboxylic acids is 2. The molecule has 1 aromatic carbocycles. The summed E-state index contributed by atoms with van der Waals surface area (Å²) in [6.07, 6.45) is 1.14. The van der Waals surface area contributed by atoms with E-state index in [1.54, 1.807) is 0 Å². The molecular formula is C18H17F2N5O5. The van der Waals surface area contributed by atoms with Gasteiger partial charge in [-0.25, -0.2) is 18.6 Å². The van der Waals surface area contributed by atoms with Crippen LogP contribution in [0.25, 0.3) is 11.2 Å². The monoisotopic (exact) mass is 421 g/mol. The van der Waals surface area contributed by atoms with Gasteiger partial charge in [-0.1, -0.05) is 0 Å². The molecule has 3 aromatic rings. The molecule has 1 N–H and O–H groups in total. The number of aromatic nitrogens is 4. The van der Waals surface area contributed by atoms with Crippen molar-refractivity contribution in [3.63, 3.8) is 0 Å². The highest BCUT2D eigenvalue weighted by atomic mass is 19.1. The number of hydrogen-bond donors (Lipinski definition) is 1. The van der Waals surface area contributed by atoms with E-state index in [1.165, 1.54) is 29.6 Å². The number of rotatable bonds is 6. The SMILES string of the molecule is Cn1c(=O)c2c(ncn2CCC(=O)OCC(=O)Nc2ccc(F)cc2F)n(C)c1=O. The molecular weight excluding hydrogens is 404 g/mol. The van der Waals surface area contributed by atoms with E-state index >= 15 is 0 Å². The molecule has 0 aliphatic rings. The molecule has 0 saturated heterocycles. The Morgan fingerprint density at radius 3 is 2.60 bits per heavy atom. The molecule has 2 heterocycles. The molecule has 0 aliphatic carbocycles. The minimum atomic E-state index is -0.961. The van der Waals surface area contributed by atoms with E-state index in [1.807, 2.05) is 0 Å². The molecule has 0 unspecified atom stereocenters. The van der Waals surface area contributed by atoms with Crippen molar-refractivity contribution in [1.82, 2.24) is 18.7 Å². The van der Waals surface area contributed by atoms with Crippen LogP contribution in [0.15, 0.2) is 34.1 Å². The highest BCUT2D eigenvalue weighted by molar-refractivity contribution is 5.92. The predicted octanol–water partition coefficient (Wildman–Crippen LogP) is 0.284. The first kappa shape index (κ1) is 20.9. The molecule has 0 aliphatic heterocycles. The molecule has 0 saturated carbocycles. The van der Waals surface area contributed by atoms with Gasteiger partial charge in [-0.3, -0.25) is 23.5 Å². The molecule has 10 nitrogen and oxygen atoms in total.